The van der Waals surface area contributed by atoms with Crippen LogP contribution in [0.15, 0.2) is 12.4 Å². The van der Waals surface area contributed by atoms with E-state index in [1.54, 1.807) is 7.05 Å². The summed E-state index contributed by atoms with van der Waals surface area (Å²) in [7, 11) is 1.61. The van der Waals surface area contributed by atoms with Crippen molar-refractivity contribution in [2.45, 2.75) is 0 Å². The lowest BCUT2D eigenvalue weighted by Gasteiger charge is -2.05. The molecule has 0 radical (unpaired) electrons. The quantitative estimate of drug-likeness (QED) is 0.604. The molecule has 2 heterocycles. The number of rotatable bonds is 3. The van der Waals surface area contributed by atoms with Gasteiger partial charge in [-0.15, -0.1) is 5.10 Å². The Hall–Kier alpha value is -2.29. The maximum Gasteiger partial charge on any atom is 0.342 e. The van der Waals surface area contributed by atoms with E-state index in [0.29, 0.717) is 6.07 Å². The molecule has 0 unspecified atom stereocenters. The number of aromatic nitrogens is 4. The number of nitrogens with two attached hydrogens (primary N) is 1. The van der Waals surface area contributed by atoms with Crippen LogP contribution >= 0.6 is 0 Å². The zero-order valence-electron chi connectivity index (χ0n) is 8.69. The fourth-order valence-corrected chi connectivity index (χ4v) is 1.08. The number of ether oxygens (including phenoxy) is 1. The third-order valence-electron chi connectivity index (χ3n) is 1.80. The first-order valence-corrected chi connectivity index (χ1v) is 4.46. The summed E-state index contributed by atoms with van der Waals surface area (Å²) in [5, 5.41) is 3.76. The predicted octanol–water partition coefficient (Wildman–Crippen LogP) is 0.566. The van der Waals surface area contributed by atoms with Crippen molar-refractivity contribution in [3.05, 3.63) is 24.0 Å². The maximum atomic E-state index is 13.3. The Labute approximate surface area is 94.2 Å². The van der Waals surface area contributed by atoms with Gasteiger partial charge in [0.2, 0.25) is 0 Å². The van der Waals surface area contributed by atoms with E-state index in [-0.39, 0.29) is 11.8 Å². The number of nitrogens with one attached hydrogen (secondary N) is 1. The van der Waals surface area contributed by atoms with Crippen molar-refractivity contribution in [3.8, 4) is 11.9 Å². The summed E-state index contributed by atoms with van der Waals surface area (Å²) < 4.78 is 32.6. The molecule has 0 saturated heterocycles. The van der Waals surface area contributed by atoms with Crippen molar-refractivity contribution in [2.24, 2.45) is 12.9 Å². The van der Waals surface area contributed by atoms with Gasteiger partial charge in [-0.2, -0.15) is 9.97 Å². The molecule has 0 aliphatic carbocycles. The van der Waals surface area contributed by atoms with Crippen LogP contribution in [0, 0.1) is 11.6 Å². The first-order chi connectivity index (χ1) is 8.10. The van der Waals surface area contributed by atoms with Crippen molar-refractivity contribution in [2.75, 3.05) is 5.43 Å². The average Bonchev–Trinajstić information content (AvgIpc) is 2.68. The molecule has 2 aromatic rings. The van der Waals surface area contributed by atoms with Gasteiger partial charge >= 0.3 is 6.01 Å². The van der Waals surface area contributed by atoms with Crippen molar-refractivity contribution in [1.29, 1.82) is 0 Å². The number of nitrogens with zero attached hydrogens (tertiary/aromatic N) is 4. The number of anilines is 1. The van der Waals surface area contributed by atoms with Crippen molar-refractivity contribution >= 4 is 5.82 Å². The zero-order valence-corrected chi connectivity index (χ0v) is 8.69. The number of hydrogen-bond donors (Lipinski definition) is 2. The van der Waals surface area contributed by atoms with Crippen LogP contribution in [0.3, 0.4) is 0 Å². The van der Waals surface area contributed by atoms with Crippen LogP contribution in [-0.2, 0) is 7.05 Å². The Morgan fingerprint density at radius 3 is 2.76 bits per heavy atom. The molecular weight excluding hydrogens is 234 g/mol. The van der Waals surface area contributed by atoms with Gasteiger partial charge in [0.1, 0.15) is 6.33 Å². The highest BCUT2D eigenvalue weighted by Crippen LogP contribution is 2.23. The average molecular weight is 242 g/mol. The van der Waals surface area contributed by atoms with E-state index in [0.717, 1.165) is 0 Å². The van der Waals surface area contributed by atoms with E-state index in [1.807, 2.05) is 5.43 Å². The van der Waals surface area contributed by atoms with Crippen LogP contribution in [0.25, 0.3) is 0 Å². The number of hydrazine groups is 1. The highest BCUT2D eigenvalue weighted by atomic mass is 19.1. The second-order valence-electron chi connectivity index (χ2n) is 3.05. The summed E-state index contributed by atoms with van der Waals surface area (Å²) in [5.74, 6) is 2.30. The normalized spacial score (nSPS) is 10.4. The van der Waals surface area contributed by atoms with Crippen LogP contribution < -0.4 is 16.0 Å². The Kier molecular flexibility index (Phi) is 2.83. The molecule has 0 aromatic carbocycles. The third kappa shape index (κ3) is 2.28. The van der Waals surface area contributed by atoms with Crippen LogP contribution in [0.2, 0.25) is 0 Å². The zero-order chi connectivity index (χ0) is 12.4. The van der Waals surface area contributed by atoms with E-state index in [1.165, 1.54) is 11.0 Å². The second kappa shape index (κ2) is 4.29. The van der Waals surface area contributed by atoms with Gasteiger partial charge in [-0.05, 0) is 0 Å². The maximum absolute atomic E-state index is 13.3. The molecule has 0 fully saturated rings. The van der Waals surface area contributed by atoms with Crippen LogP contribution in [0.1, 0.15) is 0 Å². The molecule has 2 aromatic heterocycles. The molecule has 7 nitrogen and oxygen atoms in total. The summed E-state index contributed by atoms with van der Waals surface area (Å²) in [6.07, 6.45) is 1.36. The molecule has 0 bridgehead atoms. The lowest BCUT2D eigenvalue weighted by Crippen LogP contribution is -2.11. The monoisotopic (exact) mass is 242 g/mol. The minimum absolute atomic E-state index is 0.103. The van der Waals surface area contributed by atoms with Crippen LogP contribution in [-0.4, -0.2) is 19.7 Å². The van der Waals surface area contributed by atoms with Gasteiger partial charge in [-0.3, -0.25) is 4.68 Å². The Morgan fingerprint density at radius 1 is 1.41 bits per heavy atom. The van der Waals surface area contributed by atoms with Gasteiger partial charge in [0.25, 0.3) is 5.88 Å². The molecule has 0 spiro atoms. The molecular formula is C8H8F2N6O. The molecule has 3 N–H and O–H groups in total. The lowest BCUT2D eigenvalue weighted by molar-refractivity contribution is 0.389. The molecule has 2 rings (SSSR count). The highest BCUT2D eigenvalue weighted by Gasteiger charge is 2.14. The molecule has 0 aliphatic rings. The Bertz CT molecular complexity index is 543. The largest absolute Gasteiger partial charge is 0.401 e. The van der Waals surface area contributed by atoms with E-state index in [9.17, 15) is 8.78 Å². The molecule has 9 heteroatoms. The summed E-state index contributed by atoms with van der Waals surface area (Å²) in [5.41, 5.74) is 1.98. The molecule has 0 atom stereocenters. The molecule has 90 valence electrons. The summed E-state index contributed by atoms with van der Waals surface area (Å²) in [6.45, 7) is 0. The Balaban J connectivity index is 2.32. The van der Waals surface area contributed by atoms with Gasteiger partial charge in [0, 0.05) is 13.1 Å². The standard InChI is InChI=1S/C8H8F2N6O/c1-16-3-12-8(15-16)17-7-5(10)2-4(9)6(13-7)14-11/h2-3H,11H2,1H3,(H,13,14). The topological polar surface area (TPSA) is 90.9 Å². The van der Waals surface area contributed by atoms with Gasteiger partial charge in [0.05, 0.1) is 0 Å². The van der Waals surface area contributed by atoms with Crippen molar-refractivity contribution in [1.82, 2.24) is 19.7 Å². The second-order valence-corrected chi connectivity index (χ2v) is 3.05. The van der Waals surface area contributed by atoms with Gasteiger partial charge < -0.3 is 10.2 Å². The van der Waals surface area contributed by atoms with Crippen molar-refractivity contribution in [3.63, 3.8) is 0 Å². The number of halogens is 2. The number of pyridine rings is 1. The van der Waals surface area contributed by atoms with E-state index >= 15 is 0 Å². The number of aryl methyl sites for hydroxylation is 1. The fourth-order valence-electron chi connectivity index (χ4n) is 1.08. The third-order valence-corrected chi connectivity index (χ3v) is 1.80. The smallest absolute Gasteiger partial charge is 0.342 e. The number of nitrogen functional groups attached to an aromatic ring is 1. The SMILES string of the molecule is Cn1cnc(Oc2nc(NN)c(F)cc2F)n1. The lowest BCUT2D eigenvalue weighted by atomic mass is 10.4. The van der Waals surface area contributed by atoms with E-state index in [4.69, 9.17) is 10.6 Å². The predicted molar refractivity (Wildman–Crippen MR) is 53.0 cm³/mol. The molecule has 0 amide bonds. The highest BCUT2D eigenvalue weighted by molar-refractivity contribution is 5.38. The van der Waals surface area contributed by atoms with E-state index < -0.39 is 17.5 Å². The first kappa shape index (κ1) is 11.2. The van der Waals surface area contributed by atoms with E-state index in [2.05, 4.69) is 15.1 Å². The van der Waals surface area contributed by atoms with Crippen LogP contribution in [0.4, 0.5) is 14.6 Å². The van der Waals surface area contributed by atoms with Crippen molar-refractivity contribution < 1.29 is 13.5 Å². The summed E-state index contributed by atoms with van der Waals surface area (Å²) in [6, 6.07) is 0.494. The van der Waals surface area contributed by atoms with Gasteiger partial charge in [0.15, 0.2) is 17.5 Å². The Morgan fingerprint density at radius 2 is 2.18 bits per heavy atom. The molecule has 0 aliphatic heterocycles. The summed E-state index contributed by atoms with van der Waals surface area (Å²) >= 11 is 0. The van der Waals surface area contributed by atoms with Gasteiger partial charge in [-0.25, -0.2) is 14.6 Å². The summed E-state index contributed by atoms with van der Waals surface area (Å²) in [4.78, 5) is 7.20. The minimum Gasteiger partial charge on any atom is -0.401 e. The van der Waals surface area contributed by atoms with Gasteiger partial charge in [-0.1, -0.05) is 0 Å². The minimum atomic E-state index is -0.978. The molecule has 17 heavy (non-hydrogen) atoms. The fraction of sp³-hybridized carbons (Fsp3) is 0.125. The first-order valence-electron chi connectivity index (χ1n) is 4.46. The number of hydrogen-bond acceptors (Lipinski definition) is 6. The van der Waals surface area contributed by atoms with Crippen LogP contribution in [0.5, 0.6) is 11.9 Å². The molecule has 0 saturated carbocycles.